The Hall–Kier alpha value is -0.570. The summed E-state index contributed by atoms with van der Waals surface area (Å²) in [5.74, 6) is -0.223. The monoisotopic (exact) mass is 186 g/mol. The van der Waals surface area contributed by atoms with Gasteiger partial charge in [-0.15, -0.1) is 0 Å². The summed E-state index contributed by atoms with van der Waals surface area (Å²) < 4.78 is 0. The second kappa shape index (κ2) is 8.05. The van der Waals surface area contributed by atoms with Crippen LogP contribution >= 0.6 is 0 Å². The molecule has 0 atom stereocenters. The van der Waals surface area contributed by atoms with Crippen LogP contribution in [0.3, 0.4) is 0 Å². The molecule has 0 saturated heterocycles. The van der Waals surface area contributed by atoms with E-state index in [1.165, 1.54) is 25.7 Å². The number of nitrogens with two attached hydrogens (primary N) is 1. The smallest absolute Gasteiger partial charge is 0.218 e. The van der Waals surface area contributed by atoms with Crippen molar-refractivity contribution in [1.29, 1.82) is 0 Å². The van der Waals surface area contributed by atoms with E-state index in [0.717, 1.165) is 6.54 Å². The van der Waals surface area contributed by atoms with Gasteiger partial charge in [0.2, 0.25) is 5.91 Å². The van der Waals surface area contributed by atoms with Gasteiger partial charge in [-0.1, -0.05) is 26.7 Å². The van der Waals surface area contributed by atoms with Crippen LogP contribution in [0.5, 0.6) is 0 Å². The minimum Gasteiger partial charge on any atom is -0.370 e. The molecule has 1 amide bonds. The Bertz CT molecular complexity index is 131. The van der Waals surface area contributed by atoms with Crippen LogP contribution in [0.15, 0.2) is 0 Å². The highest BCUT2D eigenvalue weighted by Crippen LogP contribution is 2.03. The molecular weight excluding hydrogens is 164 g/mol. The Balaban J connectivity index is 3.49. The number of primary amides is 1. The maximum atomic E-state index is 10.5. The highest BCUT2D eigenvalue weighted by atomic mass is 16.1. The SMILES string of the molecule is CCCC(CCC)NCCC(N)=O. The molecule has 78 valence electrons. The molecule has 0 unspecified atom stereocenters. The van der Waals surface area contributed by atoms with Crippen molar-refractivity contribution in [2.75, 3.05) is 6.54 Å². The van der Waals surface area contributed by atoms with Crippen molar-refractivity contribution in [1.82, 2.24) is 5.32 Å². The maximum absolute atomic E-state index is 10.5. The van der Waals surface area contributed by atoms with Crippen LogP contribution in [0, 0.1) is 0 Å². The first-order valence-electron chi connectivity index (χ1n) is 5.22. The van der Waals surface area contributed by atoms with Gasteiger partial charge in [0, 0.05) is 19.0 Å². The number of rotatable bonds is 8. The van der Waals surface area contributed by atoms with Gasteiger partial charge in [0.05, 0.1) is 0 Å². The van der Waals surface area contributed by atoms with Crippen molar-refractivity contribution in [3.8, 4) is 0 Å². The molecule has 3 N–H and O–H groups in total. The van der Waals surface area contributed by atoms with Crippen molar-refractivity contribution in [3.05, 3.63) is 0 Å². The quantitative estimate of drug-likeness (QED) is 0.602. The molecule has 0 aromatic heterocycles. The number of carbonyl (C=O) groups is 1. The summed E-state index contributed by atoms with van der Waals surface area (Å²) in [6, 6.07) is 0.564. The number of nitrogens with one attached hydrogen (secondary N) is 1. The van der Waals surface area contributed by atoms with Gasteiger partial charge >= 0.3 is 0 Å². The fraction of sp³-hybridized carbons (Fsp3) is 0.900. The lowest BCUT2D eigenvalue weighted by Crippen LogP contribution is -2.31. The molecule has 0 aromatic rings. The van der Waals surface area contributed by atoms with E-state index in [1.54, 1.807) is 0 Å². The van der Waals surface area contributed by atoms with Crippen molar-refractivity contribution >= 4 is 5.91 Å². The molecule has 0 aliphatic carbocycles. The summed E-state index contributed by atoms with van der Waals surface area (Å²) in [6.07, 6.45) is 5.20. The number of hydrogen-bond acceptors (Lipinski definition) is 2. The summed E-state index contributed by atoms with van der Waals surface area (Å²) in [7, 11) is 0. The molecule has 0 aliphatic rings. The third-order valence-corrected chi connectivity index (χ3v) is 2.08. The first-order valence-corrected chi connectivity index (χ1v) is 5.22. The van der Waals surface area contributed by atoms with Gasteiger partial charge in [-0.25, -0.2) is 0 Å². The van der Waals surface area contributed by atoms with Crippen LogP contribution < -0.4 is 11.1 Å². The molecule has 0 fully saturated rings. The third kappa shape index (κ3) is 7.78. The van der Waals surface area contributed by atoms with Gasteiger partial charge in [-0.05, 0) is 12.8 Å². The Kier molecular flexibility index (Phi) is 7.69. The maximum Gasteiger partial charge on any atom is 0.218 e. The molecule has 0 rings (SSSR count). The van der Waals surface area contributed by atoms with E-state index in [2.05, 4.69) is 19.2 Å². The normalized spacial score (nSPS) is 10.7. The molecule has 3 nitrogen and oxygen atoms in total. The zero-order valence-electron chi connectivity index (χ0n) is 8.81. The Morgan fingerprint density at radius 3 is 2.23 bits per heavy atom. The molecule has 0 spiro atoms. The lowest BCUT2D eigenvalue weighted by atomic mass is 10.1. The predicted molar refractivity (Wildman–Crippen MR) is 55.4 cm³/mol. The summed E-state index contributed by atoms with van der Waals surface area (Å²) in [5.41, 5.74) is 5.05. The van der Waals surface area contributed by atoms with E-state index < -0.39 is 0 Å². The first kappa shape index (κ1) is 12.4. The molecular formula is C10H22N2O. The highest BCUT2D eigenvalue weighted by Gasteiger charge is 2.05. The van der Waals surface area contributed by atoms with Gasteiger partial charge in [-0.3, -0.25) is 4.79 Å². The van der Waals surface area contributed by atoms with E-state index in [9.17, 15) is 4.79 Å². The van der Waals surface area contributed by atoms with Crippen LogP contribution in [-0.4, -0.2) is 18.5 Å². The van der Waals surface area contributed by atoms with E-state index >= 15 is 0 Å². The fourth-order valence-electron chi connectivity index (χ4n) is 1.44. The van der Waals surface area contributed by atoms with Crippen molar-refractivity contribution in [2.24, 2.45) is 5.73 Å². The van der Waals surface area contributed by atoms with Gasteiger partial charge in [-0.2, -0.15) is 0 Å². The summed E-state index contributed by atoms with van der Waals surface area (Å²) in [5, 5.41) is 3.35. The Labute approximate surface area is 81.1 Å². The standard InChI is InChI=1S/C10H22N2O/c1-3-5-9(6-4-2)12-8-7-10(11)13/h9,12H,3-8H2,1-2H3,(H2,11,13). The molecule has 0 radical (unpaired) electrons. The summed E-state index contributed by atoms with van der Waals surface area (Å²) >= 11 is 0. The Morgan fingerprint density at radius 1 is 1.31 bits per heavy atom. The molecule has 3 heteroatoms. The predicted octanol–water partition coefficient (Wildman–Crippen LogP) is 1.42. The van der Waals surface area contributed by atoms with Crippen LogP contribution in [0.2, 0.25) is 0 Å². The zero-order valence-corrected chi connectivity index (χ0v) is 8.81. The lowest BCUT2D eigenvalue weighted by Gasteiger charge is -2.16. The van der Waals surface area contributed by atoms with Crippen molar-refractivity contribution < 1.29 is 4.79 Å². The van der Waals surface area contributed by atoms with Gasteiger partial charge in [0.25, 0.3) is 0 Å². The van der Waals surface area contributed by atoms with Gasteiger partial charge in [0.15, 0.2) is 0 Å². The number of carbonyl (C=O) groups excluding carboxylic acids is 1. The third-order valence-electron chi connectivity index (χ3n) is 2.08. The summed E-state index contributed by atoms with van der Waals surface area (Å²) in [6.45, 7) is 5.08. The molecule has 0 bridgehead atoms. The van der Waals surface area contributed by atoms with E-state index in [-0.39, 0.29) is 5.91 Å². The van der Waals surface area contributed by atoms with E-state index in [0.29, 0.717) is 12.5 Å². The van der Waals surface area contributed by atoms with Crippen LogP contribution in [0.4, 0.5) is 0 Å². The average molecular weight is 186 g/mol. The van der Waals surface area contributed by atoms with Crippen LogP contribution in [-0.2, 0) is 4.79 Å². The first-order chi connectivity index (χ1) is 6.20. The second-order valence-electron chi connectivity index (χ2n) is 3.44. The largest absolute Gasteiger partial charge is 0.370 e. The minimum absolute atomic E-state index is 0.223. The Morgan fingerprint density at radius 2 is 1.85 bits per heavy atom. The van der Waals surface area contributed by atoms with E-state index in [1.807, 2.05) is 0 Å². The lowest BCUT2D eigenvalue weighted by molar-refractivity contribution is -0.117. The van der Waals surface area contributed by atoms with Crippen LogP contribution in [0.1, 0.15) is 46.0 Å². The van der Waals surface area contributed by atoms with Gasteiger partial charge in [0.1, 0.15) is 0 Å². The van der Waals surface area contributed by atoms with Crippen molar-refractivity contribution in [3.63, 3.8) is 0 Å². The van der Waals surface area contributed by atoms with Gasteiger partial charge < -0.3 is 11.1 Å². The zero-order chi connectivity index (χ0) is 10.1. The average Bonchev–Trinajstić information content (AvgIpc) is 2.04. The van der Waals surface area contributed by atoms with E-state index in [4.69, 9.17) is 5.73 Å². The molecule has 0 aromatic carbocycles. The number of amides is 1. The highest BCUT2D eigenvalue weighted by molar-refractivity contribution is 5.73. The number of hydrogen-bond donors (Lipinski definition) is 2. The fourth-order valence-corrected chi connectivity index (χ4v) is 1.44. The molecule has 0 aliphatic heterocycles. The molecule has 0 saturated carbocycles. The van der Waals surface area contributed by atoms with Crippen LogP contribution in [0.25, 0.3) is 0 Å². The molecule has 13 heavy (non-hydrogen) atoms. The minimum atomic E-state index is -0.223. The molecule has 0 heterocycles. The summed E-state index contributed by atoms with van der Waals surface area (Å²) in [4.78, 5) is 10.5. The topological polar surface area (TPSA) is 55.1 Å². The van der Waals surface area contributed by atoms with Crippen molar-refractivity contribution in [2.45, 2.75) is 52.0 Å². The second-order valence-corrected chi connectivity index (χ2v) is 3.44.